The van der Waals surface area contributed by atoms with Crippen LogP contribution in [-0.2, 0) is 9.53 Å². The van der Waals surface area contributed by atoms with Crippen LogP contribution in [0, 0.1) is 5.41 Å². The van der Waals surface area contributed by atoms with Gasteiger partial charge in [0.25, 0.3) is 0 Å². The van der Waals surface area contributed by atoms with E-state index in [2.05, 4.69) is 16.6 Å². The Labute approximate surface area is 76.8 Å². The molecule has 0 fully saturated rings. The Morgan fingerprint density at radius 2 is 2.38 bits per heavy atom. The number of hydrogen-bond donors (Lipinski definition) is 3. The molecule has 0 aliphatic heterocycles. The average Bonchev–Trinajstić information content (AvgIpc) is 2.06. The van der Waals surface area contributed by atoms with E-state index in [1.165, 1.54) is 6.20 Å². The zero-order valence-corrected chi connectivity index (χ0v) is 7.46. The third kappa shape index (κ3) is 3.42. The third-order valence-corrected chi connectivity index (χ3v) is 1.19. The van der Waals surface area contributed by atoms with E-state index in [1.54, 1.807) is 6.92 Å². The smallest absolute Gasteiger partial charge is 0.343 e. The van der Waals surface area contributed by atoms with Crippen LogP contribution in [-0.4, -0.2) is 18.8 Å². The fourth-order valence-corrected chi connectivity index (χ4v) is 0.643. The van der Waals surface area contributed by atoms with Crippen LogP contribution in [0.5, 0.6) is 0 Å². The standard InChI is InChI=1S/C8H13N3O2/c1-3-11-7(10)6(5-9)8(12)13-4-2/h3,5,9,11H,1,4,10H2,2H3/b7-6+,9-5?. The van der Waals surface area contributed by atoms with E-state index in [9.17, 15) is 4.79 Å². The van der Waals surface area contributed by atoms with E-state index in [0.717, 1.165) is 6.21 Å². The Kier molecular flexibility index (Phi) is 5.02. The molecule has 0 saturated heterocycles. The van der Waals surface area contributed by atoms with Gasteiger partial charge in [-0.1, -0.05) is 6.58 Å². The van der Waals surface area contributed by atoms with Crippen LogP contribution in [0.1, 0.15) is 6.92 Å². The van der Waals surface area contributed by atoms with Crippen LogP contribution in [0.15, 0.2) is 24.2 Å². The first-order valence-electron chi connectivity index (χ1n) is 3.72. The molecule has 0 unspecified atom stereocenters. The molecule has 13 heavy (non-hydrogen) atoms. The number of rotatable bonds is 5. The molecule has 0 rings (SSSR count). The normalized spacial score (nSPS) is 11.2. The lowest BCUT2D eigenvalue weighted by Gasteiger charge is -2.05. The summed E-state index contributed by atoms with van der Waals surface area (Å²) < 4.78 is 4.66. The summed E-state index contributed by atoms with van der Waals surface area (Å²) in [7, 11) is 0. The zero-order chi connectivity index (χ0) is 10.3. The zero-order valence-electron chi connectivity index (χ0n) is 7.46. The van der Waals surface area contributed by atoms with Crippen molar-refractivity contribution in [2.45, 2.75) is 6.92 Å². The quantitative estimate of drug-likeness (QED) is 0.320. The van der Waals surface area contributed by atoms with Crippen molar-refractivity contribution >= 4 is 12.2 Å². The lowest BCUT2D eigenvalue weighted by molar-refractivity contribution is -0.137. The summed E-state index contributed by atoms with van der Waals surface area (Å²) in [5.74, 6) is -0.562. The van der Waals surface area contributed by atoms with Crippen molar-refractivity contribution in [3.05, 3.63) is 24.2 Å². The molecule has 0 atom stereocenters. The SMILES string of the molecule is C=CN/C(N)=C(\C=N)C(=O)OCC. The predicted molar refractivity (Wildman–Crippen MR) is 50.0 cm³/mol. The lowest BCUT2D eigenvalue weighted by Crippen LogP contribution is -2.22. The number of nitrogens with two attached hydrogens (primary N) is 1. The maximum atomic E-state index is 11.1. The molecule has 4 N–H and O–H groups in total. The number of carbonyl (C=O) groups excluding carboxylic acids is 1. The van der Waals surface area contributed by atoms with E-state index >= 15 is 0 Å². The van der Waals surface area contributed by atoms with Crippen LogP contribution < -0.4 is 11.1 Å². The lowest BCUT2D eigenvalue weighted by atomic mass is 10.3. The number of hydrogen-bond acceptors (Lipinski definition) is 5. The summed E-state index contributed by atoms with van der Waals surface area (Å²) in [4.78, 5) is 11.1. The van der Waals surface area contributed by atoms with Crippen LogP contribution in [0.25, 0.3) is 0 Å². The maximum absolute atomic E-state index is 11.1. The Hall–Kier alpha value is -1.78. The van der Waals surface area contributed by atoms with E-state index in [4.69, 9.17) is 11.1 Å². The molecule has 72 valence electrons. The number of esters is 1. The van der Waals surface area contributed by atoms with E-state index in [1.807, 2.05) is 0 Å². The summed E-state index contributed by atoms with van der Waals surface area (Å²) in [6.07, 6.45) is 2.15. The van der Waals surface area contributed by atoms with Gasteiger partial charge in [0.15, 0.2) is 0 Å². The highest BCUT2D eigenvalue weighted by Crippen LogP contribution is 1.96. The van der Waals surface area contributed by atoms with Gasteiger partial charge in [0.1, 0.15) is 11.4 Å². The minimum atomic E-state index is -0.621. The molecule has 0 aromatic rings. The van der Waals surface area contributed by atoms with Crippen LogP contribution in [0.3, 0.4) is 0 Å². The van der Waals surface area contributed by atoms with E-state index in [0.29, 0.717) is 0 Å². The van der Waals surface area contributed by atoms with Crippen molar-refractivity contribution in [3.63, 3.8) is 0 Å². The van der Waals surface area contributed by atoms with Crippen molar-refractivity contribution in [1.29, 1.82) is 5.41 Å². The molecule has 0 amide bonds. The van der Waals surface area contributed by atoms with Gasteiger partial charge in [-0.05, 0) is 13.1 Å². The molecule has 5 nitrogen and oxygen atoms in total. The van der Waals surface area contributed by atoms with Gasteiger partial charge in [-0.2, -0.15) is 0 Å². The number of nitrogens with one attached hydrogen (secondary N) is 2. The first-order chi connectivity index (χ1) is 6.17. The second-order valence-corrected chi connectivity index (χ2v) is 2.04. The third-order valence-electron chi connectivity index (χ3n) is 1.19. The second kappa shape index (κ2) is 5.82. The Morgan fingerprint density at radius 1 is 1.77 bits per heavy atom. The minimum absolute atomic E-state index is 0.0123. The van der Waals surface area contributed by atoms with Gasteiger partial charge in [-0.15, -0.1) is 0 Å². The van der Waals surface area contributed by atoms with Crippen LogP contribution >= 0.6 is 0 Å². The molecule has 0 aliphatic rings. The van der Waals surface area contributed by atoms with Gasteiger partial charge in [-0.25, -0.2) is 4.79 Å². The summed E-state index contributed by atoms with van der Waals surface area (Å²) in [5, 5.41) is 9.44. The molecule has 0 heterocycles. The van der Waals surface area contributed by atoms with Crippen LogP contribution in [0.2, 0.25) is 0 Å². The maximum Gasteiger partial charge on any atom is 0.343 e. The van der Waals surface area contributed by atoms with Crippen molar-refractivity contribution in [2.75, 3.05) is 6.61 Å². The molecular formula is C8H13N3O2. The van der Waals surface area contributed by atoms with Crippen molar-refractivity contribution in [2.24, 2.45) is 5.73 Å². The molecule has 0 radical (unpaired) electrons. The number of ether oxygens (including phenoxy) is 1. The summed E-state index contributed by atoms with van der Waals surface area (Å²) in [6.45, 7) is 5.29. The van der Waals surface area contributed by atoms with Gasteiger partial charge >= 0.3 is 5.97 Å². The summed E-state index contributed by atoms with van der Waals surface area (Å²) >= 11 is 0. The Balaban J connectivity index is 4.64. The van der Waals surface area contributed by atoms with Gasteiger partial charge < -0.3 is 21.2 Å². The molecule has 5 heteroatoms. The molecule has 0 aromatic carbocycles. The highest BCUT2D eigenvalue weighted by atomic mass is 16.5. The molecule has 0 saturated carbocycles. The Morgan fingerprint density at radius 3 is 2.77 bits per heavy atom. The van der Waals surface area contributed by atoms with Gasteiger partial charge in [0.2, 0.25) is 0 Å². The highest BCUT2D eigenvalue weighted by Gasteiger charge is 2.11. The number of carbonyl (C=O) groups is 1. The first kappa shape index (κ1) is 11.2. The van der Waals surface area contributed by atoms with Crippen LogP contribution in [0.4, 0.5) is 0 Å². The largest absolute Gasteiger partial charge is 0.462 e. The van der Waals surface area contributed by atoms with E-state index in [-0.39, 0.29) is 18.0 Å². The van der Waals surface area contributed by atoms with E-state index < -0.39 is 5.97 Å². The summed E-state index contributed by atoms with van der Waals surface area (Å²) in [5.41, 5.74) is 5.40. The molecule has 0 aliphatic carbocycles. The average molecular weight is 183 g/mol. The highest BCUT2D eigenvalue weighted by molar-refractivity contribution is 6.09. The van der Waals surface area contributed by atoms with Gasteiger partial charge in [0.05, 0.1) is 6.61 Å². The molecular weight excluding hydrogens is 170 g/mol. The second-order valence-electron chi connectivity index (χ2n) is 2.04. The molecule has 0 aromatic heterocycles. The topological polar surface area (TPSA) is 88.2 Å². The van der Waals surface area contributed by atoms with Crippen molar-refractivity contribution in [1.82, 2.24) is 5.32 Å². The van der Waals surface area contributed by atoms with Gasteiger partial charge in [0, 0.05) is 6.21 Å². The fourth-order valence-electron chi connectivity index (χ4n) is 0.643. The summed E-state index contributed by atoms with van der Waals surface area (Å²) in [6, 6.07) is 0. The molecule has 0 bridgehead atoms. The fraction of sp³-hybridized carbons (Fsp3) is 0.250. The van der Waals surface area contributed by atoms with Crippen molar-refractivity contribution < 1.29 is 9.53 Å². The Bertz CT molecular complexity index is 246. The minimum Gasteiger partial charge on any atom is -0.462 e. The van der Waals surface area contributed by atoms with Crippen molar-refractivity contribution in [3.8, 4) is 0 Å². The first-order valence-corrected chi connectivity index (χ1v) is 3.72. The monoisotopic (exact) mass is 183 g/mol. The predicted octanol–water partition coefficient (Wildman–Crippen LogP) is 0.102. The molecule has 0 spiro atoms. The van der Waals surface area contributed by atoms with Gasteiger partial charge in [-0.3, -0.25) is 0 Å².